The molecule has 0 atom stereocenters. The molecule has 0 aliphatic heterocycles. The molecule has 0 unspecified atom stereocenters. The van der Waals surface area contributed by atoms with Crippen molar-refractivity contribution in [3.05, 3.63) is 63.9 Å². The quantitative estimate of drug-likeness (QED) is 0.773. The van der Waals surface area contributed by atoms with E-state index in [9.17, 15) is 9.18 Å². The number of hydrogen-bond acceptors (Lipinski definition) is 2. The van der Waals surface area contributed by atoms with Gasteiger partial charge >= 0.3 is 0 Å². The zero-order valence-electron chi connectivity index (χ0n) is 13.5. The molecule has 3 nitrogen and oxygen atoms in total. The Balaban J connectivity index is 2.19. The average Bonchev–Trinajstić information content (AvgIpc) is 2.54. The van der Waals surface area contributed by atoms with Gasteiger partial charge in [0.25, 0.3) is 5.91 Å². The Morgan fingerprint density at radius 3 is 2.35 bits per heavy atom. The Labute approximate surface area is 144 Å². The topological polar surface area (TPSA) is 23.6 Å². The van der Waals surface area contributed by atoms with Crippen LogP contribution in [0.5, 0.6) is 0 Å². The van der Waals surface area contributed by atoms with E-state index in [4.69, 9.17) is 0 Å². The molecule has 0 heterocycles. The van der Waals surface area contributed by atoms with E-state index >= 15 is 0 Å². The van der Waals surface area contributed by atoms with Crippen LogP contribution in [-0.2, 0) is 6.54 Å². The van der Waals surface area contributed by atoms with Gasteiger partial charge in [-0.3, -0.25) is 4.79 Å². The predicted octanol–water partition coefficient (Wildman–Crippen LogP) is 4.32. The fraction of sp³-hybridized carbons (Fsp3) is 0.278. The maximum Gasteiger partial charge on any atom is 0.255 e. The summed E-state index contributed by atoms with van der Waals surface area (Å²) in [6, 6.07) is 12.2. The van der Waals surface area contributed by atoms with E-state index in [2.05, 4.69) is 15.9 Å². The number of amides is 1. The van der Waals surface area contributed by atoms with E-state index in [1.54, 1.807) is 11.0 Å². The molecule has 0 aromatic heterocycles. The number of benzene rings is 2. The molecule has 2 aromatic carbocycles. The monoisotopic (exact) mass is 378 g/mol. The van der Waals surface area contributed by atoms with Gasteiger partial charge in [-0.15, -0.1) is 0 Å². The van der Waals surface area contributed by atoms with Crippen LogP contribution in [0.2, 0.25) is 0 Å². The summed E-state index contributed by atoms with van der Waals surface area (Å²) in [5, 5.41) is 0. The molecule has 2 rings (SSSR count). The molecule has 0 bridgehead atoms. The highest BCUT2D eigenvalue weighted by atomic mass is 79.9. The maximum absolute atomic E-state index is 13.4. The summed E-state index contributed by atoms with van der Waals surface area (Å²) in [5.74, 6) is -0.599. The molecular formula is C18H20BrFN2O. The first-order valence-electron chi connectivity index (χ1n) is 7.43. The smallest absolute Gasteiger partial charge is 0.255 e. The molecule has 5 heteroatoms. The van der Waals surface area contributed by atoms with Gasteiger partial charge in [-0.25, -0.2) is 4.39 Å². The third-order valence-electron chi connectivity index (χ3n) is 3.65. The lowest BCUT2D eigenvalue weighted by Gasteiger charge is -2.22. The predicted molar refractivity (Wildman–Crippen MR) is 95.3 cm³/mol. The Kier molecular flexibility index (Phi) is 5.77. The number of halogens is 2. The van der Waals surface area contributed by atoms with Crippen LogP contribution in [0.15, 0.2) is 46.9 Å². The van der Waals surface area contributed by atoms with E-state index in [1.165, 1.54) is 12.1 Å². The summed E-state index contributed by atoms with van der Waals surface area (Å²) in [6.07, 6.45) is 0. The minimum Gasteiger partial charge on any atom is -0.378 e. The van der Waals surface area contributed by atoms with Crippen molar-refractivity contribution in [2.24, 2.45) is 0 Å². The molecule has 0 saturated carbocycles. The van der Waals surface area contributed by atoms with Crippen molar-refractivity contribution in [3.8, 4) is 0 Å². The third-order valence-corrected chi connectivity index (χ3v) is 4.35. The molecule has 0 aliphatic rings. The van der Waals surface area contributed by atoms with E-state index in [1.807, 2.05) is 50.2 Å². The highest BCUT2D eigenvalue weighted by Crippen LogP contribution is 2.21. The van der Waals surface area contributed by atoms with Crippen molar-refractivity contribution < 1.29 is 9.18 Å². The Hall–Kier alpha value is -1.88. The second-order valence-corrected chi connectivity index (χ2v) is 6.36. The van der Waals surface area contributed by atoms with Crippen molar-refractivity contribution >= 4 is 27.5 Å². The third kappa shape index (κ3) is 4.32. The Morgan fingerprint density at radius 1 is 1.13 bits per heavy atom. The summed E-state index contributed by atoms with van der Waals surface area (Å²) in [4.78, 5) is 16.4. The summed E-state index contributed by atoms with van der Waals surface area (Å²) >= 11 is 3.32. The van der Waals surface area contributed by atoms with E-state index in [-0.39, 0.29) is 5.91 Å². The first-order chi connectivity index (χ1) is 10.9. The minimum atomic E-state index is -0.414. The number of rotatable bonds is 5. The fourth-order valence-corrected chi connectivity index (χ4v) is 2.70. The first kappa shape index (κ1) is 17.5. The number of carbonyl (C=O) groups is 1. The SMILES string of the molecule is CCN(Cc1ccc(N(C)C)cc1)C(=O)c1cc(F)ccc1Br. The van der Waals surface area contributed by atoms with Crippen LogP contribution in [0.25, 0.3) is 0 Å². The number of carbonyl (C=O) groups excluding carboxylic acids is 1. The Bertz CT molecular complexity index is 686. The standard InChI is InChI=1S/C18H20BrFN2O/c1-4-22(12-13-5-8-15(9-6-13)21(2)3)18(23)16-11-14(20)7-10-17(16)19/h5-11H,4,12H2,1-3H3. The number of anilines is 1. The molecule has 2 aromatic rings. The molecule has 0 saturated heterocycles. The fourth-order valence-electron chi connectivity index (χ4n) is 2.28. The number of hydrogen-bond donors (Lipinski definition) is 0. The van der Waals surface area contributed by atoms with Gasteiger partial charge in [-0.05, 0) is 58.7 Å². The second-order valence-electron chi connectivity index (χ2n) is 5.50. The lowest BCUT2D eigenvalue weighted by atomic mass is 10.1. The van der Waals surface area contributed by atoms with Gasteiger partial charge in [0.05, 0.1) is 5.56 Å². The van der Waals surface area contributed by atoms with E-state index in [0.717, 1.165) is 11.3 Å². The molecule has 0 radical (unpaired) electrons. The summed E-state index contributed by atoms with van der Waals surface area (Å²) in [6.45, 7) is 2.96. The van der Waals surface area contributed by atoms with Crippen LogP contribution in [0.3, 0.4) is 0 Å². The van der Waals surface area contributed by atoms with E-state index < -0.39 is 5.82 Å². The lowest BCUT2D eigenvalue weighted by molar-refractivity contribution is 0.0751. The van der Waals surface area contributed by atoms with Gasteiger partial charge in [0.1, 0.15) is 5.82 Å². The largest absolute Gasteiger partial charge is 0.378 e. The van der Waals surface area contributed by atoms with Crippen LogP contribution < -0.4 is 4.90 Å². The number of nitrogens with zero attached hydrogens (tertiary/aromatic N) is 2. The van der Waals surface area contributed by atoms with Crippen LogP contribution in [0.1, 0.15) is 22.8 Å². The molecule has 0 aliphatic carbocycles. The van der Waals surface area contributed by atoms with Gasteiger partial charge in [-0.2, -0.15) is 0 Å². The van der Waals surface area contributed by atoms with Crippen molar-refractivity contribution in [3.63, 3.8) is 0 Å². The van der Waals surface area contributed by atoms with Crippen molar-refractivity contribution in [1.29, 1.82) is 0 Å². The maximum atomic E-state index is 13.4. The van der Waals surface area contributed by atoms with Crippen LogP contribution in [0, 0.1) is 5.82 Å². The summed E-state index contributed by atoms with van der Waals surface area (Å²) in [5.41, 5.74) is 2.49. The van der Waals surface area contributed by atoms with Gasteiger partial charge in [-0.1, -0.05) is 12.1 Å². The van der Waals surface area contributed by atoms with Crippen molar-refractivity contribution in [1.82, 2.24) is 4.90 Å². The average molecular weight is 379 g/mol. The molecular weight excluding hydrogens is 359 g/mol. The highest BCUT2D eigenvalue weighted by Gasteiger charge is 2.18. The lowest BCUT2D eigenvalue weighted by Crippen LogP contribution is -2.30. The van der Waals surface area contributed by atoms with Crippen LogP contribution in [0.4, 0.5) is 10.1 Å². The van der Waals surface area contributed by atoms with Crippen LogP contribution >= 0.6 is 15.9 Å². The van der Waals surface area contributed by atoms with Gasteiger partial charge < -0.3 is 9.80 Å². The molecule has 0 fully saturated rings. The van der Waals surface area contributed by atoms with Gasteiger partial charge in [0.2, 0.25) is 0 Å². The summed E-state index contributed by atoms with van der Waals surface area (Å²) in [7, 11) is 3.97. The van der Waals surface area contributed by atoms with Gasteiger partial charge in [0, 0.05) is 37.3 Å². The highest BCUT2D eigenvalue weighted by molar-refractivity contribution is 9.10. The normalized spacial score (nSPS) is 10.5. The molecule has 1 amide bonds. The Morgan fingerprint density at radius 2 is 1.78 bits per heavy atom. The van der Waals surface area contributed by atoms with Crippen molar-refractivity contribution in [2.45, 2.75) is 13.5 Å². The summed E-state index contributed by atoms with van der Waals surface area (Å²) < 4.78 is 14.0. The zero-order valence-corrected chi connectivity index (χ0v) is 15.1. The van der Waals surface area contributed by atoms with Crippen LogP contribution in [-0.4, -0.2) is 31.4 Å². The molecule has 0 spiro atoms. The van der Waals surface area contributed by atoms with Gasteiger partial charge in [0.15, 0.2) is 0 Å². The first-order valence-corrected chi connectivity index (χ1v) is 8.22. The zero-order chi connectivity index (χ0) is 17.0. The molecule has 23 heavy (non-hydrogen) atoms. The second kappa shape index (κ2) is 7.59. The molecule has 122 valence electrons. The minimum absolute atomic E-state index is 0.185. The van der Waals surface area contributed by atoms with E-state index in [0.29, 0.717) is 23.1 Å². The molecule has 0 N–H and O–H groups in total. The van der Waals surface area contributed by atoms with Crippen molar-refractivity contribution in [2.75, 3.05) is 25.5 Å².